The van der Waals surface area contributed by atoms with Crippen molar-refractivity contribution in [1.82, 2.24) is 9.97 Å². The highest BCUT2D eigenvalue weighted by Gasteiger charge is 2.26. The largest absolute Gasteiger partial charge is 0.460 e. The number of rotatable bonds is 9. The number of ether oxygens (including phenoxy) is 2. The molecule has 0 aliphatic rings. The summed E-state index contributed by atoms with van der Waals surface area (Å²) in [5.41, 5.74) is 8.70. The first kappa shape index (κ1) is 22.8. The molecule has 2 aromatic heterocycles. The molecule has 0 radical (unpaired) electrons. The number of nitrogens with two attached hydrogens (primary N) is 1. The molecule has 4 N–H and O–H groups in total. The zero-order chi connectivity index (χ0) is 22.5. The molecule has 11 heteroatoms. The first-order valence-electron chi connectivity index (χ1n) is 9.28. The van der Waals surface area contributed by atoms with Crippen LogP contribution in [0.1, 0.15) is 31.2 Å². The van der Waals surface area contributed by atoms with E-state index in [0.29, 0.717) is 10.7 Å². The third kappa shape index (κ3) is 5.43. The summed E-state index contributed by atoms with van der Waals surface area (Å²) in [5.74, 6) is -1.64. The number of primary amides is 1. The molecule has 0 fully saturated rings. The lowest BCUT2D eigenvalue weighted by Gasteiger charge is -2.07. The number of carbonyl (C=O) groups is 3. The number of H-pyrrole nitrogens is 1. The molecule has 0 spiro atoms. The quantitative estimate of drug-likeness (QED) is 0.253. The molecule has 0 saturated heterocycles. The van der Waals surface area contributed by atoms with Gasteiger partial charge in [-0.3, -0.25) is 9.59 Å². The molecule has 0 aliphatic carbocycles. The van der Waals surface area contributed by atoms with Gasteiger partial charge >= 0.3 is 5.97 Å². The summed E-state index contributed by atoms with van der Waals surface area (Å²) in [6.45, 7) is 3.85. The lowest BCUT2D eigenvalue weighted by Crippen LogP contribution is -2.17. The number of imidazole rings is 1. The van der Waals surface area contributed by atoms with E-state index in [1.165, 1.54) is 18.9 Å². The Morgan fingerprint density at radius 3 is 2.74 bits per heavy atom. The first-order valence-corrected chi connectivity index (χ1v) is 11.1. The summed E-state index contributed by atoms with van der Waals surface area (Å²) in [5, 5.41) is 3.52. The Labute approximate surface area is 186 Å². The molecule has 2 amide bonds. The van der Waals surface area contributed by atoms with Crippen molar-refractivity contribution in [2.24, 2.45) is 5.73 Å². The van der Waals surface area contributed by atoms with Gasteiger partial charge in [0, 0.05) is 7.11 Å². The van der Waals surface area contributed by atoms with E-state index in [2.05, 4.69) is 15.3 Å². The van der Waals surface area contributed by atoms with Gasteiger partial charge in [-0.2, -0.15) is 0 Å². The predicted octanol–water partition coefficient (Wildman–Crippen LogP) is 2.87. The molecule has 0 atom stereocenters. The summed E-state index contributed by atoms with van der Waals surface area (Å²) < 4.78 is 10.0. The Balaban J connectivity index is 1.72. The van der Waals surface area contributed by atoms with E-state index >= 15 is 0 Å². The number of amides is 2. The number of hydrogen-bond acceptors (Lipinski definition) is 8. The van der Waals surface area contributed by atoms with E-state index in [1.54, 1.807) is 6.92 Å². The van der Waals surface area contributed by atoms with Crippen LogP contribution in [0, 0.1) is 13.8 Å². The van der Waals surface area contributed by atoms with Crippen molar-refractivity contribution < 1.29 is 23.9 Å². The molecular weight excluding hydrogens is 440 g/mol. The van der Waals surface area contributed by atoms with Gasteiger partial charge in [-0.1, -0.05) is 17.8 Å². The molecule has 0 aliphatic heterocycles. The van der Waals surface area contributed by atoms with Gasteiger partial charge in [0.1, 0.15) is 11.6 Å². The number of methoxy groups -OCH3 is 1. The topological polar surface area (TPSA) is 136 Å². The van der Waals surface area contributed by atoms with Crippen LogP contribution in [0.15, 0.2) is 23.4 Å². The number of aromatic nitrogens is 2. The summed E-state index contributed by atoms with van der Waals surface area (Å²) >= 11 is 2.18. The maximum Gasteiger partial charge on any atom is 0.341 e. The molecule has 0 bridgehead atoms. The maximum absolute atomic E-state index is 12.5. The summed E-state index contributed by atoms with van der Waals surface area (Å²) in [4.78, 5) is 44.5. The Morgan fingerprint density at radius 1 is 1.26 bits per heavy atom. The fraction of sp³-hybridized carbons (Fsp3) is 0.300. The van der Waals surface area contributed by atoms with Gasteiger partial charge in [0.25, 0.3) is 5.91 Å². The van der Waals surface area contributed by atoms with Crippen LogP contribution >= 0.6 is 23.1 Å². The molecule has 9 nitrogen and oxygen atoms in total. The van der Waals surface area contributed by atoms with Crippen LogP contribution in [0.3, 0.4) is 0 Å². The lowest BCUT2D eigenvalue weighted by atomic mass is 10.1. The molecule has 2 heterocycles. The number of benzene rings is 1. The van der Waals surface area contributed by atoms with E-state index in [0.717, 1.165) is 27.9 Å². The number of aromatic amines is 1. The highest BCUT2D eigenvalue weighted by atomic mass is 32.2. The van der Waals surface area contributed by atoms with Crippen molar-refractivity contribution in [1.29, 1.82) is 0 Å². The van der Waals surface area contributed by atoms with Crippen LogP contribution < -0.4 is 11.1 Å². The predicted molar refractivity (Wildman–Crippen MR) is 120 cm³/mol. The fourth-order valence-corrected chi connectivity index (χ4v) is 4.59. The molecule has 0 unspecified atom stereocenters. The maximum atomic E-state index is 12.5. The highest BCUT2D eigenvalue weighted by Crippen LogP contribution is 2.33. The second-order valence-corrected chi connectivity index (χ2v) is 8.64. The number of carbonyl (C=O) groups excluding carboxylic acids is 3. The number of esters is 1. The monoisotopic (exact) mass is 462 g/mol. The van der Waals surface area contributed by atoms with Gasteiger partial charge in [0.15, 0.2) is 5.16 Å². The van der Waals surface area contributed by atoms with Crippen LogP contribution in [-0.4, -0.2) is 53.8 Å². The number of hydrogen-bond donors (Lipinski definition) is 3. The fourth-order valence-electron chi connectivity index (χ4n) is 2.84. The molecular formula is C20H22N4O5S2. The van der Waals surface area contributed by atoms with E-state index in [1.807, 2.05) is 25.1 Å². The summed E-state index contributed by atoms with van der Waals surface area (Å²) in [6, 6.07) is 5.85. The number of nitrogens with zero attached hydrogens (tertiary/aromatic N) is 1. The van der Waals surface area contributed by atoms with Crippen molar-refractivity contribution >= 4 is 56.9 Å². The van der Waals surface area contributed by atoms with Gasteiger partial charge in [-0.15, -0.1) is 11.3 Å². The number of fused-ring (bicyclic) bond motifs is 1. The SMILES string of the molecule is COCCOC(=O)c1c(NC(=O)CSc2nc3ccc(C)cc3[nH]2)sc(C(N)=O)c1C. The Hall–Kier alpha value is -2.89. The third-order valence-corrected chi connectivity index (χ3v) is 6.40. The normalized spacial score (nSPS) is 10.9. The second kappa shape index (κ2) is 9.94. The number of anilines is 1. The molecule has 0 saturated carbocycles. The minimum Gasteiger partial charge on any atom is -0.460 e. The van der Waals surface area contributed by atoms with Crippen LogP contribution in [0.5, 0.6) is 0 Å². The smallest absolute Gasteiger partial charge is 0.341 e. The van der Waals surface area contributed by atoms with Crippen molar-refractivity contribution in [3.05, 3.63) is 39.8 Å². The van der Waals surface area contributed by atoms with Gasteiger partial charge < -0.3 is 25.5 Å². The van der Waals surface area contributed by atoms with Gasteiger partial charge in [-0.05, 0) is 37.1 Å². The number of thiophene rings is 1. The van der Waals surface area contributed by atoms with Gasteiger partial charge in [0.2, 0.25) is 5.91 Å². The van der Waals surface area contributed by atoms with E-state index in [4.69, 9.17) is 15.2 Å². The van der Waals surface area contributed by atoms with Crippen LogP contribution in [0.25, 0.3) is 11.0 Å². The van der Waals surface area contributed by atoms with Gasteiger partial charge in [-0.25, -0.2) is 9.78 Å². The van der Waals surface area contributed by atoms with Crippen LogP contribution in [0.4, 0.5) is 5.00 Å². The van der Waals surface area contributed by atoms with Crippen molar-refractivity contribution in [2.45, 2.75) is 19.0 Å². The van der Waals surface area contributed by atoms with Crippen LogP contribution in [0.2, 0.25) is 0 Å². The third-order valence-electron chi connectivity index (χ3n) is 4.30. The van der Waals surface area contributed by atoms with E-state index in [9.17, 15) is 14.4 Å². The standard InChI is InChI=1S/C20H22N4O5S2/c1-10-4-5-12-13(8-10)23-20(22-12)30-9-14(25)24-18-15(19(27)29-7-6-28-3)11(2)16(31-18)17(21)26/h4-5,8H,6-7,9H2,1-3H3,(H2,21,26)(H,22,23)(H,24,25). The molecule has 3 aromatic rings. The first-order chi connectivity index (χ1) is 14.8. The Morgan fingerprint density at radius 2 is 2.03 bits per heavy atom. The minimum absolute atomic E-state index is 0.0469. The number of aryl methyl sites for hydroxylation is 1. The summed E-state index contributed by atoms with van der Waals surface area (Å²) in [7, 11) is 1.49. The molecule has 3 rings (SSSR count). The van der Waals surface area contributed by atoms with Crippen LogP contribution in [-0.2, 0) is 14.3 Å². The molecule has 1 aromatic carbocycles. The van der Waals surface area contributed by atoms with Gasteiger partial charge in [0.05, 0.1) is 33.8 Å². The zero-order valence-corrected chi connectivity index (χ0v) is 18.9. The Kier molecular flexibility index (Phi) is 7.31. The highest BCUT2D eigenvalue weighted by molar-refractivity contribution is 7.99. The van der Waals surface area contributed by atoms with Crippen molar-refractivity contribution in [3.63, 3.8) is 0 Å². The number of thioether (sulfide) groups is 1. The minimum atomic E-state index is -0.680. The molecule has 31 heavy (non-hydrogen) atoms. The van der Waals surface area contributed by atoms with Crippen molar-refractivity contribution in [2.75, 3.05) is 31.4 Å². The average Bonchev–Trinajstić information content (AvgIpc) is 3.26. The molecule has 164 valence electrons. The van der Waals surface area contributed by atoms with E-state index in [-0.39, 0.29) is 40.3 Å². The number of nitrogens with one attached hydrogen (secondary N) is 2. The second-order valence-electron chi connectivity index (χ2n) is 6.65. The lowest BCUT2D eigenvalue weighted by molar-refractivity contribution is -0.113. The summed E-state index contributed by atoms with van der Waals surface area (Å²) in [6.07, 6.45) is 0. The van der Waals surface area contributed by atoms with Crippen molar-refractivity contribution in [3.8, 4) is 0 Å². The van der Waals surface area contributed by atoms with E-state index < -0.39 is 11.9 Å². The Bertz CT molecular complexity index is 1140. The average molecular weight is 463 g/mol. The zero-order valence-electron chi connectivity index (χ0n) is 17.2.